The molecule has 0 amide bonds. The van der Waals surface area contributed by atoms with Gasteiger partial charge in [0.25, 0.3) is 0 Å². The van der Waals surface area contributed by atoms with Gasteiger partial charge in [-0.25, -0.2) is 0 Å². The molecule has 2 aromatic rings. The van der Waals surface area contributed by atoms with Crippen LogP contribution in [0.15, 0.2) is 42.2 Å². The summed E-state index contributed by atoms with van der Waals surface area (Å²) in [6, 6.07) is 7.99. The van der Waals surface area contributed by atoms with E-state index in [1.807, 2.05) is 36.1 Å². The maximum Gasteiger partial charge on any atom is 0.145 e. The number of fused-ring (bicyclic) bond motifs is 2. The van der Waals surface area contributed by atoms with Crippen LogP contribution in [-0.2, 0) is 11.8 Å². The van der Waals surface area contributed by atoms with Gasteiger partial charge in [0.15, 0.2) is 0 Å². The summed E-state index contributed by atoms with van der Waals surface area (Å²) < 4.78 is 1.86. The van der Waals surface area contributed by atoms with E-state index in [0.717, 1.165) is 28.3 Å². The Morgan fingerprint density at radius 1 is 1.24 bits per heavy atom. The summed E-state index contributed by atoms with van der Waals surface area (Å²) in [5, 5.41) is 11.5. The molecule has 0 saturated carbocycles. The number of rotatable bonds is 1. The topological polar surface area (TPSA) is 58.9 Å². The number of aryl methyl sites for hydroxylation is 1. The summed E-state index contributed by atoms with van der Waals surface area (Å²) in [5.74, 6) is 0.0342. The van der Waals surface area contributed by atoms with Crippen LogP contribution in [0.4, 0.5) is 11.4 Å². The number of carbonyl (C=O) groups excluding carboxylic acids is 1. The minimum Gasteiger partial charge on any atom is -0.375 e. The van der Waals surface area contributed by atoms with E-state index in [1.54, 1.807) is 0 Å². The fraction of sp³-hybridized carbons (Fsp3) is 0.400. The fourth-order valence-electron chi connectivity index (χ4n) is 3.98. The highest BCUT2D eigenvalue weighted by Gasteiger charge is 2.42. The van der Waals surface area contributed by atoms with Crippen LogP contribution in [0, 0.1) is 18.3 Å². The van der Waals surface area contributed by atoms with Gasteiger partial charge >= 0.3 is 0 Å². The summed E-state index contributed by atoms with van der Waals surface area (Å²) in [7, 11) is 1.93. The van der Waals surface area contributed by atoms with Crippen LogP contribution < -0.4 is 10.6 Å². The highest BCUT2D eigenvalue weighted by molar-refractivity contribution is 5.90. The van der Waals surface area contributed by atoms with Gasteiger partial charge in [-0.05, 0) is 24.5 Å². The van der Waals surface area contributed by atoms with Crippen LogP contribution in [0.5, 0.6) is 0 Å². The smallest absolute Gasteiger partial charge is 0.145 e. The van der Waals surface area contributed by atoms with Gasteiger partial charge in [0.1, 0.15) is 5.78 Å². The molecule has 0 saturated heterocycles. The van der Waals surface area contributed by atoms with Crippen molar-refractivity contribution in [2.24, 2.45) is 18.4 Å². The first-order chi connectivity index (χ1) is 11.9. The van der Waals surface area contributed by atoms with Gasteiger partial charge in [0.05, 0.1) is 29.5 Å². The van der Waals surface area contributed by atoms with Crippen LogP contribution in [0.2, 0.25) is 0 Å². The summed E-state index contributed by atoms with van der Waals surface area (Å²) in [6.45, 7) is 6.28. The molecule has 1 aromatic carbocycles. The van der Waals surface area contributed by atoms with Crippen molar-refractivity contribution in [3.8, 4) is 0 Å². The number of ketones is 1. The third-order valence-corrected chi connectivity index (χ3v) is 5.32. The van der Waals surface area contributed by atoms with E-state index in [2.05, 4.69) is 48.6 Å². The van der Waals surface area contributed by atoms with Crippen molar-refractivity contribution >= 4 is 17.2 Å². The van der Waals surface area contributed by atoms with Crippen molar-refractivity contribution < 1.29 is 4.79 Å². The molecule has 4 rings (SSSR count). The van der Waals surface area contributed by atoms with Crippen LogP contribution in [-0.4, -0.2) is 15.6 Å². The first kappa shape index (κ1) is 15.9. The van der Waals surface area contributed by atoms with E-state index in [9.17, 15) is 4.79 Å². The molecule has 1 aliphatic carbocycles. The molecular formula is C20H24N4O. The molecule has 130 valence electrons. The zero-order chi connectivity index (χ0) is 17.8. The lowest BCUT2D eigenvalue weighted by molar-refractivity contribution is -0.124. The third-order valence-electron chi connectivity index (χ3n) is 5.32. The number of hydrogen-bond donors (Lipinski definition) is 2. The number of hydrogen-bond acceptors (Lipinski definition) is 4. The molecule has 2 heterocycles. The van der Waals surface area contributed by atoms with E-state index in [1.165, 1.54) is 0 Å². The van der Waals surface area contributed by atoms with E-state index in [-0.39, 0.29) is 23.2 Å². The van der Waals surface area contributed by atoms with Gasteiger partial charge in [-0.2, -0.15) is 5.10 Å². The van der Waals surface area contributed by atoms with Crippen LogP contribution >= 0.6 is 0 Å². The first-order valence-electron chi connectivity index (χ1n) is 8.72. The van der Waals surface area contributed by atoms with E-state index < -0.39 is 0 Å². The van der Waals surface area contributed by atoms with E-state index in [0.29, 0.717) is 6.42 Å². The zero-order valence-corrected chi connectivity index (χ0v) is 15.1. The summed E-state index contributed by atoms with van der Waals surface area (Å²) in [6.07, 6.45) is 4.66. The van der Waals surface area contributed by atoms with Crippen LogP contribution in [0.1, 0.15) is 37.6 Å². The largest absolute Gasteiger partial charge is 0.375 e. The van der Waals surface area contributed by atoms with E-state index >= 15 is 0 Å². The number of allylic oxidation sites excluding steroid dienone is 1. The number of para-hydroxylation sites is 2. The molecule has 2 N–H and O–H groups in total. The van der Waals surface area contributed by atoms with E-state index in [4.69, 9.17) is 0 Å². The van der Waals surface area contributed by atoms with Gasteiger partial charge in [-0.15, -0.1) is 0 Å². The molecule has 2 atom stereocenters. The van der Waals surface area contributed by atoms with Gasteiger partial charge in [-0.1, -0.05) is 32.1 Å². The van der Waals surface area contributed by atoms with Gasteiger partial charge in [0, 0.05) is 30.4 Å². The molecule has 5 heteroatoms. The van der Waals surface area contributed by atoms with Gasteiger partial charge in [-0.3, -0.25) is 9.48 Å². The number of aromatic nitrogens is 2. The number of nitrogens with one attached hydrogen (secondary N) is 2. The average molecular weight is 336 g/mol. The molecular weight excluding hydrogens is 312 g/mol. The van der Waals surface area contributed by atoms with Crippen molar-refractivity contribution in [2.45, 2.75) is 33.2 Å². The molecule has 0 bridgehead atoms. The van der Waals surface area contributed by atoms with Crippen LogP contribution in [0.25, 0.3) is 0 Å². The second-order valence-corrected chi connectivity index (χ2v) is 7.81. The molecule has 1 aromatic heterocycles. The number of carbonyl (C=O) groups is 1. The fourth-order valence-corrected chi connectivity index (χ4v) is 3.98. The summed E-state index contributed by atoms with van der Waals surface area (Å²) in [4.78, 5) is 13.1. The average Bonchev–Trinajstić information content (AvgIpc) is 2.77. The molecule has 25 heavy (non-hydrogen) atoms. The highest BCUT2D eigenvalue weighted by atomic mass is 16.1. The van der Waals surface area contributed by atoms with Gasteiger partial charge in [0.2, 0.25) is 0 Å². The zero-order valence-electron chi connectivity index (χ0n) is 15.1. The van der Waals surface area contributed by atoms with Gasteiger partial charge < -0.3 is 10.6 Å². The lowest BCUT2D eigenvalue weighted by Gasteiger charge is -2.35. The Balaban J connectivity index is 1.90. The normalized spacial score (nSPS) is 24.3. The number of Topliss-reactive ketones (excluding diaryl/α,β-unsaturated/α-hetero) is 1. The number of anilines is 2. The Labute approximate surface area is 148 Å². The standard InChI is InChI=1S/C20H24N4O/c1-12-13(11-21-24(12)4)19-18-16(9-20(2,3)10-17(18)25)22-14-7-5-6-8-15(14)23-19/h5-9,11,18-19,22-23H,10H2,1-4H3. The predicted octanol–water partition coefficient (Wildman–Crippen LogP) is 3.81. The molecule has 2 unspecified atom stereocenters. The third kappa shape index (κ3) is 2.64. The Bertz CT molecular complexity index is 878. The summed E-state index contributed by atoms with van der Waals surface area (Å²) >= 11 is 0. The van der Waals surface area contributed by atoms with Crippen molar-refractivity contribution in [2.75, 3.05) is 10.6 Å². The lowest BCUT2D eigenvalue weighted by Crippen LogP contribution is -2.36. The molecule has 0 fully saturated rings. The molecule has 1 aliphatic heterocycles. The highest BCUT2D eigenvalue weighted by Crippen LogP contribution is 2.45. The first-order valence-corrected chi connectivity index (χ1v) is 8.72. The van der Waals surface area contributed by atoms with Crippen molar-refractivity contribution in [3.63, 3.8) is 0 Å². The number of nitrogens with zero attached hydrogens (tertiary/aromatic N) is 2. The SMILES string of the molecule is Cc1c(C2Nc3ccccc3NC3=CC(C)(C)CC(=O)C32)cnn1C. The van der Waals surface area contributed by atoms with Crippen molar-refractivity contribution in [1.82, 2.24) is 9.78 Å². The quantitative estimate of drug-likeness (QED) is 0.831. The Morgan fingerprint density at radius 2 is 1.96 bits per heavy atom. The Hall–Kier alpha value is -2.56. The monoisotopic (exact) mass is 336 g/mol. The molecule has 2 aliphatic rings. The molecule has 0 spiro atoms. The summed E-state index contributed by atoms with van der Waals surface area (Å²) in [5.41, 5.74) is 5.03. The van der Waals surface area contributed by atoms with Crippen molar-refractivity contribution in [1.29, 1.82) is 0 Å². The Kier molecular flexibility index (Phi) is 3.49. The van der Waals surface area contributed by atoms with Crippen molar-refractivity contribution in [3.05, 3.63) is 53.5 Å². The Morgan fingerprint density at radius 3 is 2.64 bits per heavy atom. The van der Waals surface area contributed by atoms with Crippen LogP contribution in [0.3, 0.4) is 0 Å². The minimum atomic E-state index is -0.233. The molecule has 0 radical (unpaired) electrons. The minimum absolute atomic E-state index is 0.125. The second-order valence-electron chi connectivity index (χ2n) is 7.81. The number of benzene rings is 1. The maximum atomic E-state index is 13.1. The lowest BCUT2D eigenvalue weighted by atomic mass is 9.72. The maximum absolute atomic E-state index is 13.1. The predicted molar refractivity (Wildman–Crippen MR) is 99.4 cm³/mol. The second kappa shape index (κ2) is 5.48. The molecule has 5 nitrogen and oxygen atoms in total.